The van der Waals surface area contributed by atoms with Crippen molar-refractivity contribution >= 4 is 23.0 Å². The smallest absolute Gasteiger partial charge is 0.387 e. The Hall–Kier alpha value is -3.02. The lowest BCUT2D eigenvalue weighted by molar-refractivity contribution is -0.657. The van der Waals surface area contributed by atoms with Crippen LogP contribution in [0.25, 0.3) is 17.2 Å². The van der Waals surface area contributed by atoms with E-state index in [2.05, 4.69) is 11.3 Å². The Balaban J connectivity index is 1.83. The number of hydrogen-bond donors (Lipinski definition) is 0. The fraction of sp³-hybridized carbons (Fsp3) is 0.111. The summed E-state index contributed by atoms with van der Waals surface area (Å²) in [6.45, 7) is 1.01. The summed E-state index contributed by atoms with van der Waals surface area (Å²) in [4.78, 5) is 12.4. The minimum atomic E-state index is -2.88. The number of carbonyl (C=O) groups is 1. The molecule has 0 amide bonds. The SMILES string of the molecule is C=Cn1c[n+](CC(=O)c2ccc(OC(F)F)cc2)c2ccccc21. The van der Waals surface area contributed by atoms with Crippen LogP contribution in [0.3, 0.4) is 0 Å². The first kappa shape index (κ1) is 15.9. The molecule has 0 N–H and O–H groups in total. The molecule has 1 aromatic heterocycles. The maximum Gasteiger partial charge on any atom is 0.387 e. The number of aromatic nitrogens is 2. The first-order valence-corrected chi connectivity index (χ1v) is 7.28. The highest BCUT2D eigenvalue weighted by molar-refractivity contribution is 5.95. The van der Waals surface area contributed by atoms with E-state index in [0.29, 0.717) is 5.56 Å². The Morgan fingerprint density at radius 1 is 1.21 bits per heavy atom. The van der Waals surface area contributed by atoms with Gasteiger partial charge in [-0.25, -0.2) is 9.13 Å². The van der Waals surface area contributed by atoms with Crippen molar-refractivity contribution < 1.29 is 22.9 Å². The number of imidazole rings is 1. The first-order valence-electron chi connectivity index (χ1n) is 7.28. The molecule has 0 saturated carbocycles. The van der Waals surface area contributed by atoms with E-state index in [1.54, 1.807) is 12.5 Å². The largest absolute Gasteiger partial charge is 0.435 e. The van der Waals surface area contributed by atoms with Crippen molar-refractivity contribution in [2.45, 2.75) is 13.2 Å². The third-order valence-electron chi connectivity index (χ3n) is 3.65. The van der Waals surface area contributed by atoms with Crippen LogP contribution in [0.5, 0.6) is 5.75 Å². The van der Waals surface area contributed by atoms with Crippen LogP contribution in [0.1, 0.15) is 10.4 Å². The monoisotopic (exact) mass is 329 g/mol. The lowest BCUT2D eigenvalue weighted by atomic mass is 10.1. The van der Waals surface area contributed by atoms with Gasteiger partial charge in [-0.05, 0) is 36.4 Å². The summed E-state index contributed by atoms with van der Waals surface area (Å²) >= 11 is 0. The highest BCUT2D eigenvalue weighted by Gasteiger charge is 2.17. The molecule has 3 rings (SSSR count). The zero-order valence-electron chi connectivity index (χ0n) is 12.7. The average Bonchev–Trinajstić information content (AvgIpc) is 2.93. The van der Waals surface area contributed by atoms with E-state index in [-0.39, 0.29) is 18.1 Å². The number of carbonyl (C=O) groups excluding carboxylic acids is 1. The molecular weight excluding hydrogens is 314 g/mol. The molecule has 0 atom stereocenters. The molecule has 3 aromatic rings. The Bertz CT molecular complexity index is 886. The van der Waals surface area contributed by atoms with Crippen molar-refractivity contribution in [3.63, 3.8) is 0 Å². The predicted octanol–water partition coefficient (Wildman–Crippen LogP) is 3.51. The molecule has 6 heteroatoms. The van der Waals surface area contributed by atoms with Crippen molar-refractivity contribution in [3.8, 4) is 5.75 Å². The maximum atomic E-state index is 12.4. The number of Topliss-reactive ketones (excluding diaryl/α,β-unsaturated/α-hetero) is 1. The van der Waals surface area contributed by atoms with Crippen molar-refractivity contribution in [1.29, 1.82) is 0 Å². The van der Waals surface area contributed by atoms with Crippen LogP contribution in [-0.4, -0.2) is 17.0 Å². The van der Waals surface area contributed by atoms with Gasteiger partial charge in [0.15, 0.2) is 17.6 Å². The highest BCUT2D eigenvalue weighted by Crippen LogP contribution is 2.16. The first-order chi connectivity index (χ1) is 11.6. The van der Waals surface area contributed by atoms with Gasteiger partial charge in [-0.1, -0.05) is 18.7 Å². The summed E-state index contributed by atoms with van der Waals surface area (Å²) < 4.78 is 32.2. The fourth-order valence-electron chi connectivity index (χ4n) is 2.54. The third kappa shape index (κ3) is 3.17. The second-order valence-electron chi connectivity index (χ2n) is 5.15. The molecule has 2 aromatic carbocycles. The third-order valence-corrected chi connectivity index (χ3v) is 3.65. The molecule has 0 aliphatic heterocycles. The van der Waals surface area contributed by atoms with Gasteiger partial charge in [0.25, 0.3) is 0 Å². The average molecular weight is 329 g/mol. The number of para-hydroxylation sites is 2. The molecule has 122 valence electrons. The van der Waals surface area contributed by atoms with E-state index in [1.807, 2.05) is 33.4 Å². The Kier molecular flexibility index (Phi) is 4.37. The molecule has 1 heterocycles. The van der Waals surface area contributed by atoms with E-state index in [0.717, 1.165) is 11.0 Å². The highest BCUT2D eigenvalue weighted by atomic mass is 19.3. The molecule has 0 bridgehead atoms. The fourth-order valence-corrected chi connectivity index (χ4v) is 2.54. The van der Waals surface area contributed by atoms with Crippen molar-refractivity contribution in [2.24, 2.45) is 0 Å². The van der Waals surface area contributed by atoms with E-state index < -0.39 is 6.61 Å². The number of ketones is 1. The quantitative estimate of drug-likeness (QED) is 0.512. The van der Waals surface area contributed by atoms with Gasteiger partial charge < -0.3 is 4.74 Å². The van der Waals surface area contributed by atoms with Crippen LogP contribution in [0.15, 0.2) is 61.4 Å². The Morgan fingerprint density at radius 2 is 1.92 bits per heavy atom. The van der Waals surface area contributed by atoms with Gasteiger partial charge >= 0.3 is 6.61 Å². The van der Waals surface area contributed by atoms with Crippen molar-refractivity contribution in [2.75, 3.05) is 0 Å². The second kappa shape index (κ2) is 6.62. The molecule has 24 heavy (non-hydrogen) atoms. The Morgan fingerprint density at radius 3 is 2.58 bits per heavy atom. The number of benzene rings is 2. The number of nitrogens with zero attached hydrogens (tertiary/aromatic N) is 2. The number of alkyl halides is 2. The van der Waals surface area contributed by atoms with Gasteiger partial charge in [0, 0.05) is 5.56 Å². The van der Waals surface area contributed by atoms with Gasteiger partial charge in [0.05, 0.1) is 6.20 Å². The van der Waals surface area contributed by atoms with Crippen molar-refractivity contribution in [1.82, 2.24) is 4.57 Å². The van der Waals surface area contributed by atoms with Gasteiger partial charge in [0.2, 0.25) is 12.1 Å². The van der Waals surface area contributed by atoms with Crippen LogP contribution in [0, 0.1) is 0 Å². The van der Waals surface area contributed by atoms with Crippen LogP contribution >= 0.6 is 0 Å². The van der Waals surface area contributed by atoms with Crippen LogP contribution in [0.2, 0.25) is 0 Å². The second-order valence-corrected chi connectivity index (χ2v) is 5.15. The standard InChI is InChI=1S/C18H15F2N2O2/c1-2-21-12-22(16-6-4-3-5-15(16)21)11-17(23)13-7-9-14(10-8-13)24-18(19)20/h2-10,12,18H,1,11H2/q+1. The van der Waals surface area contributed by atoms with Crippen LogP contribution < -0.4 is 9.30 Å². The topological polar surface area (TPSA) is 35.1 Å². The summed E-state index contributed by atoms with van der Waals surface area (Å²) in [5.74, 6) is -0.104. The number of halogens is 2. The summed E-state index contributed by atoms with van der Waals surface area (Å²) in [6.07, 6.45) is 3.46. The normalized spacial score (nSPS) is 11.0. The molecule has 0 saturated heterocycles. The summed E-state index contributed by atoms with van der Waals surface area (Å²) in [6, 6.07) is 13.3. The van der Waals surface area contributed by atoms with Crippen molar-refractivity contribution in [3.05, 3.63) is 67.0 Å². The number of fused-ring (bicyclic) bond motifs is 1. The molecule has 0 fully saturated rings. The van der Waals surface area contributed by atoms with E-state index in [9.17, 15) is 13.6 Å². The molecular formula is C18H15F2N2O2+. The Labute approximate surface area is 137 Å². The number of ether oxygens (including phenoxy) is 1. The van der Waals surface area contributed by atoms with Gasteiger partial charge in [-0.15, -0.1) is 0 Å². The molecule has 4 nitrogen and oxygen atoms in total. The maximum absolute atomic E-state index is 12.4. The van der Waals surface area contributed by atoms with E-state index in [4.69, 9.17) is 0 Å². The van der Waals surface area contributed by atoms with E-state index in [1.165, 1.54) is 24.3 Å². The van der Waals surface area contributed by atoms with E-state index >= 15 is 0 Å². The summed E-state index contributed by atoms with van der Waals surface area (Å²) in [5, 5.41) is 0. The lowest BCUT2D eigenvalue weighted by Gasteiger charge is -2.05. The lowest BCUT2D eigenvalue weighted by Crippen LogP contribution is -2.36. The number of hydrogen-bond acceptors (Lipinski definition) is 2. The molecule has 0 radical (unpaired) electrons. The zero-order chi connectivity index (χ0) is 17.1. The predicted molar refractivity (Wildman–Crippen MR) is 85.9 cm³/mol. The number of rotatable bonds is 6. The molecule has 0 unspecified atom stereocenters. The zero-order valence-corrected chi connectivity index (χ0v) is 12.7. The summed E-state index contributed by atoms with van der Waals surface area (Å²) in [5.41, 5.74) is 2.28. The van der Waals surface area contributed by atoms with Crippen LogP contribution in [-0.2, 0) is 6.54 Å². The molecule has 0 aliphatic carbocycles. The van der Waals surface area contributed by atoms with Crippen LogP contribution in [0.4, 0.5) is 8.78 Å². The minimum absolute atomic E-state index is 0.0254. The summed E-state index contributed by atoms with van der Waals surface area (Å²) in [7, 11) is 0. The molecule has 0 spiro atoms. The van der Waals surface area contributed by atoms with Gasteiger partial charge in [-0.3, -0.25) is 4.79 Å². The minimum Gasteiger partial charge on any atom is -0.435 e. The molecule has 0 aliphatic rings. The van der Waals surface area contributed by atoms with Gasteiger partial charge in [-0.2, -0.15) is 8.78 Å². The van der Waals surface area contributed by atoms with Gasteiger partial charge in [0.1, 0.15) is 5.75 Å².